The predicted molar refractivity (Wildman–Crippen MR) is 76.8 cm³/mol. The summed E-state index contributed by atoms with van der Waals surface area (Å²) in [5.74, 6) is 0.114. The Bertz CT molecular complexity index is 705. The van der Waals surface area contributed by atoms with Crippen LogP contribution in [0, 0.1) is 15.9 Å². The van der Waals surface area contributed by atoms with Gasteiger partial charge >= 0.3 is 5.69 Å². The zero-order valence-corrected chi connectivity index (χ0v) is 11.5. The number of aromatic nitrogens is 1. The maximum absolute atomic E-state index is 13.3. The molecule has 0 bridgehead atoms. The molecule has 0 aliphatic carbocycles. The minimum atomic E-state index is -0.421. The first-order valence-electron chi connectivity index (χ1n) is 6.72. The molecule has 108 valence electrons. The lowest BCUT2D eigenvalue weighted by atomic mass is 9.93. The zero-order valence-electron chi connectivity index (χ0n) is 11.5. The highest BCUT2D eigenvalue weighted by Gasteiger charge is 2.29. The molecule has 0 N–H and O–H groups in total. The molecule has 2 heterocycles. The summed E-state index contributed by atoms with van der Waals surface area (Å²) in [6, 6.07) is 7.63. The molecule has 1 aromatic carbocycles. The zero-order chi connectivity index (χ0) is 15.0. The van der Waals surface area contributed by atoms with Gasteiger partial charge in [0.25, 0.3) is 0 Å². The van der Waals surface area contributed by atoms with E-state index < -0.39 is 4.92 Å². The van der Waals surface area contributed by atoms with Gasteiger partial charge in [0, 0.05) is 18.8 Å². The Morgan fingerprint density at radius 1 is 1.43 bits per heavy atom. The Balaban J connectivity index is 2.03. The molecule has 1 aliphatic heterocycles. The topological polar surface area (TPSA) is 59.3 Å². The first-order chi connectivity index (χ1) is 10.1. The van der Waals surface area contributed by atoms with E-state index in [4.69, 9.17) is 0 Å². The summed E-state index contributed by atoms with van der Waals surface area (Å²) in [4.78, 5) is 16.8. The van der Waals surface area contributed by atoms with Gasteiger partial charge in [-0.1, -0.05) is 6.07 Å². The molecule has 1 aromatic heterocycles. The van der Waals surface area contributed by atoms with E-state index in [0.29, 0.717) is 18.8 Å². The van der Waals surface area contributed by atoms with Crippen LogP contribution in [0.15, 0.2) is 36.5 Å². The molecule has 0 saturated carbocycles. The Kier molecular flexibility index (Phi) is 3.29. The molecule has 0 saturated heterocycles. The van der Waals surface area contributed by atoms with Crippen molar-refractivity contribution in [2.24, 2.45) is 0 Å². The molecule has 0 radical (unpaired) electrons. The van der Waals surface area contributed by atoms with E-state index in [9.17, 15) is 14.5 Å². The van der Waals surface area contributed by atoms with Crippen LogP contribution in [-0.4, -0.2) is 16.5 Å². The number of rotatable bonds is 2. The largest absolute Gasteiger partial charge is 0.344 e. The van der Waals surface area contributed by atoms with Crippen LogP contribution in [0.2, 0.25) is 0 Å². The highest BCUT2D eigenvalue weighted by Crippen LogP contribution is 2.36. The van der Waals surface area contributed by atoms with E-state index >= 15 is 0 Å². The van der Waals surface area contributed by atoms with Crippen molar-refractivity contribution in [1.82, 2.24) is 4.98 Å². The highest BCUT2D eigenvalue weighted by molar-refractivity contribution is 5.60. The molecule has 0 spiro atoms. The van der Waals surface area contributed by atoms with Crippen LogP contribution in [0.25, 0.3) is 0 Å². The lowest BCUT2D eigenvalue weighted by molar-refractivity contribution is -0.384. The molecule has 1 unspecified atom stereocenters. The number of nitrogens with zero attached hydrogens (tertiary/aromatic N) is 3. The summed E-state index contributed by atoms with van der Waals surface area (Å²) in [5, 5.41) is 11.2. The molecule has 3 rings (SSSR count). The molecule has 1 aliphatic rings. The van der Waals surface area contributed by atoms with E-state index in [0.717, 1.165) is 11.1 Å². The molecule has 2 aromatic rings. The molecule has 0 fully saturated rings. The average molecular weight is 287 g/mol. The van der Waals surface area contributed by atoms with Gasteiger partial charge in [-0.25, -0.2) is 9.37 Å². The second-order valence-corrected chi connectivity index (χ2v) is 5.07. The molecular formula is C15H14FN3O2. The molecule has 21 heavy (non-hydrogen) atoms. The van der Waals surface area contributed by atoms with Gasteiger partial charge < -0.3 is 4.90 Å². The summed E-state index contributed by atoms with van der Waals surface area (Å²) in [7, 11) is 0. The lowest BCUT2D eigenvalue weighted by Gasteiger charge is -2.35. The fraction of sp³-hybridized carbons (Fsp3) is 0.267. The molecule has 1 atom stereocenters. The summed E-state index contributed by atoms with van der Waals surface area (Å²) in [6.45, 7) is 2.53. The van der Waals surface area contributed by atoms with Crippen molar-refractivity contribution >= 4 is 11.5 Å². The van der Waals surface area contributed by atoms with Gasteiger partial charge in [0.2, 0.25) is 5.82 Å². The van der Waals surface area contributed by atoms with Crippen molar-refractivity contribution < 1.29 is 9.31 Å². The van der Waals surface area contributed by atoms with Gasteiger partial charge in [0.05, 0.1) is 11.0 Å². The van der Waals surface area contributed by atoms with Gasteiger partial charge in [-0.05, 0) is 42.7 Å². The quantitative estimate of drug-likeness (QED) is 0.628. The van der Waals surface area contributed by atoms with Crippen LogP contribution in [0.5, 0.6) is 0 Å². The van der Waals surface area contributed by atoms with Crippen molar-refractivity contribution in [2.45, 2.75) is 19.4 Å². The van der Waals surface area contributed by atoms with E-state index in [1.165, 1.54) is 18.2 Å². The number of pyridine rings is 1. The number of benzene rings is 1. The van der Waals surface area contributed by atoms with Crippen molar-refractivity contribution in [3.63, 3.8) is 0 Å². The number of nitro groups is 1. The first kappa shape index (κ1) is 13.5. The molecular weight excluding hydrogens is 273 g/mol. The molecule has 6 heteroatoms. The summed E-state index contributed by atoms with van der Waals surface area (Å²) >= 11 is 0. The van der Waals surface area contributed by atoms with Crippen molar-refractivity contribution in [3.8, 4) is 0 Å². The number of anilines is 1. The standard InChI is InChI=1S/C15H14FN3O2/c1-10-13-5-4-12(16)9-11(13)6-8-18(10)15-14(19(20)21)3-2-7-17-15/h2-5,7,9-10H,6,8H2,1H3. The van der Waals surface area contributed by atoms with Gasteiger partial charge in [-0.2, -0.15) is 0 Å². The van der Waals surface area contributed by atoms with Gasteiger partial charge in [0.1, 0.15) is 5.82 Å². The summed E-state index contributed by atoms with van der Waals surface area (Å²) in [5.41, 5.74) is 1.94. The number of hydrogen-bond donors (Lipinski definition) is 0. The number of hydrogen-bond acceptors (Lipinski definition) is 4. The van der Waals surface area contributed by atoms with Crippen LogP contribution >= 0.6 is 0 Å². The van der Waals surface area contributed by atoms with E-state index in [1.54, 1.807) is 18.3 Å². The Labute approximate surface area is 121 Å². The second kappa shape index (κ2) is 5.12. The molecule has 5 nitrogen and oxygen atoms in total. The first-order valence-corrected chi connectivity index (χ1v) is 6.72. The Morgan fingerprint density at radius 2 is 2.24 bits per heavy atom. The molecule has 0 amide bonds. The SMILES string of the molecule is CC1c2ccc(F)cc2CCN1c1ncccc1[N+](=O)[O-]. The normalized spacial score (nSPS) is 17.4. The van der Waals surface area contributed by atoms with E-state index in [2.05, 4.69) is 4.98 Å². The maximum Gasteiger partial charge on any atom is 0.311 e. The van der Waals surface area contributed by atoms with Crippen LogP contribution in [0.4, 0.5) is 15.9 Å². The predicted octanol–water partition coefficient (Wildman–Crippen LogP) is 3.25. The number of fused-ring (bicyclic) bond motifs is 1. The van der Waals surface area contributed by atoms with Gasteiger partial charge in [0.15, 0.2) is 0 Å². The van der Waals surface area contributed by atoms with Crippen molar-refractivity contribution in [3.05, 3.63) is 63.6 Å². The van der Waals surface area contributed by atoms with E-state index in [1.807, 2.05) is 11.8 Å². The van der Waals surface area contributed by atoms with E-state index in [-0.39, 0.29) is 17.5 Å². The minimum Gasteiger partial charge on any atom is -0.344 e. The van der Waals surface area contributed by atoms with Gasteiger partial charge in [-0.15, -0.1) is 0 Å². The smallest absolute Gasteiger partial charge is 0.311 e. The minimum absolute atomic E-state index is 0.00471. The second-order valence-electron chi connectivity index (χ2n) is 5.07. The number of halogens is 1. The van der Waals surface area contributed by atoms with Crippen molar-refractivity contribution in [2.75, 3.05) is 11.4 Å². The van der Waals surface area contributed by atoms with Crippen LogP contribution in [0.3, 0.4) is 0 Å². The van der Waals surface area contributed by atoms with Crippen LogP contribution in [0.1, 0.15) is 24.1 Å². The fourth-order valence-electron chi connectivity index (χ4n) is 2.84. The fourth-order valence-corrected chi connectivity index (χ4v) is 2.84. The lowest BCUT2D eigenvalue weighted by Crippen LogP contribution is -2.35. The maximum atomic E-state index is 13.3. The Morgan fingerprint density at radius 3 is 3.00 bits per heavy atom. The van der Waals surface area contributed by atoms with Crippen LogP contribution in [-0.2, 0) is 6.42 Å². The van der Waals surface area contributed by atoms with Crippen molar-refractivity contribution in [1.29, 1.82) is 0 Å². The third-order valence-corrected chi connectivity index (χ3v) is 3.88. The average Bonchev–Trinajstić information content (AvgIpc) is 2.47. The third kappa shape index (κ3) is 2.33. The van der Waals surface area contributed by atoms with Crippen LogP contribution < -0.4 is 4.90 Å². The Hall–Kier alpha value is -2.50. The monoisotopic (exact) mass is 287 g/mol. The summed E-state index contributed by atoms with van der Waals surface area (Å²) < 4.78 is 13.3. The third-order valence-electron chi connectivity index (χ3n) is 3.88. The summed E-state index contributed by atoms with van der Waals surface area (Å²) in [6.07, 6.45) is 2.19. The highest BCUT2D eigenvalue weighted by atomic mass is 19.1. The van der Waals surface area contributed by atoms with Gasteiger partial charge in [-0.3, -0.25) is 10.1 Å².